The summed E-state index contributed by atoms with van der Waals surface area (Å²) in [5.74, 6) is 0.864. The third-order valence-electron chi connectivity index (χ3n) is 5.71. The van der Waals surface area contributed by atoms with Gasteiger partial charge in [-0.05, 0) is 38.3 Å². The van der Waals surface area contributed by atoms with E-state index in [1.807, 2.05) is 11.8 Å². The lowest BCUT2D eigenvalue weighted by Crippen LogP contribution is -2.45. The number of aromatic hydroxyl groups is 1. The van der Waals surface area contributed by atoms with Gasteiger partial charge in [-0.25, -0.2) is 0 Å². The molecule has 31 heavy (non-hydrogen) atoms. The Hall–Kier alpha value is -2.04. The molecule has 172 valence electrons. The van der Waals surface area contributed by atoms with Crippen LogP contribution in [-0.2, 0) is 4.79 Å². The quantitative estimate of drug-likeness (QED) is 0.183. The van der Waals surface area contributed by atoms with Crippen LogP contribution in [0.3, 0.4) is 0 Å². The summed E-state index contributed by atoms with van der Waals surface area (Å²) in [6.45, 7) is 5.01. The maximum Gasteiger partial charge on any atom is 0.255 e. The number of carbonyl (C=O) groups excluding carboxylic acids is 2. The summed E-state index contributed by atoms with van der Waals surface area (Å²) in [4.78, 5) is 31.3. The molecule has 1 saturated heterocycles. The van der Waals surface area contributed by atoms with Crippen LogP contribution in [0, 0.1) is 5.92 Å². The van der Waals surface area contributed by atoms with Gasteiger partial charge >= 0.3 is 0 Å². The Bertz CT molecular complexity index is 767. The normalized spacial score (nSPS) is 19.1. The number of likely N-dealkylation sites (tertiary alicyclic amines) is 1. The fraction of sp³-hybridized carbons (Fsp3) is 0.591. The number of hydrogen-bond acceptors (Lipinski definition) is 4. The maximum absolute atomic E-state index is 12.6. The van der Waals surface area contributed by atoms with Crippen LogP contribution in [-0.4, -0.2) is 66.5 Å². The Labute approximate surface area is 201 Å². The molecule has 1 aromatic rings. The predicted molar refractivity (Wildman–Crippen MR) is 132 cm³/mol. The molecule has 8 nitrogen and oxygen atoms in total. The van der Waals surface area contributed by atoms with E-state index in [0.29, 0.717) is 31.5 Å². The molecule has 0 bridgehead atoms. The number of hydrogen-bond donors (Lipinski definition) is 4. The number of phenols is 1. The van der Waals surface area contributed by atoms with Crippen molar-refractivity contribution in [1.29, 1.82) is 0 Å². The van der Waals surface area contributed by atoms with Gasteiger partial charge in [0.05, 0.1) is 12.1 Å². The first kappa shape index (κ1) is 25.2. The molecule has 2 fully saturated rings. The lowest BCUT2D eigenvalue weighted by molar-refractivity contribution is -0.134. The van der Waals surface area contributed by atoms with Gasteiger partial charge in [0.2, 0.25) is 5.91 Å². The zero-order valence-electron chi connectivity index (χ0n) is 18.1. The Morgan fingerprint density at radius 3 is 2.61 bits per heavy atom. The van der Waals surface area contributed by atoms with E-state index in [9.17, 15) is 14.7 Å². The van der Waals surface area contributed by atoms with Gasteiger partial charge in [0, 0.05) is 38.1 Å². The fourth-order valence-electron chi connectivity index (χ4n) is 4.12. The number of rotatable bonds is 7. The highest BCUT2D eigenvalue weighted by Crippen LogP contribution is 2.27. The number of nitrogens with zero attached hydrogens (tertiary/aromatic N) is 2. The Kier molecular flexibility index (Phi) is 10.4. The molecule has 4 N–H and O–H groups in total. The summed E-state index contributed by atoms with van der Waals surface area (Å²) in [6, 6.07) is 6.64. The van der Waals surface area contributed by atoms with Crippen molar-refractivity contribution in [2.45, 2.75) is 45.1 Å². The zero-order chi connectivity index (χ0) is 21.3. The summed E-state index contributed by atoms with van der Waals surface area (Å²) in [7, 11) is 0. The SMILES string of the molecule is CCNC(=NCCNC(=O)c1ccccc1O)NC1CCN(C(=O)C2CCCC2)C1.I. The summed E-state index contributed by atoms with van der Waals surface area (Å²) in [5, 5.41) is 19.2. The van der Waals surface area contributed by atoms with Gasteiger partial charge < -0.3 is 26.0 Å². The average molecular weight is 543 g/mol. The van der Waals surface area contributed by atoms with Crippen LogP contribution in [0.1, 0.15) is 49.4 Å². The maximum atomic E-state index is 12.6. The van der Waals surface area contributed by atoms with Crippen molar-refractivity contribution in [3.8, 4) is 5.75 Å². The number of para-hydroxylation sites is 1. The molecule has 1 unspecified atom stereocenters. The van der Waals surface area contributed by atoms with Gasteiger partial charge in [0.15, 0.2) is 5.96 Å². The van der Waals surface area contributed by atoms with Crippen LogP contribution in [0.25, 0.3) is 0 Å². The molecule has 1 saturated carbocycles. The lowest BCUT2D eigenvalue weighted by Gasteiger charge is -2.21. The van der Waals surface area contributed by atoms with Gasteiger partial charge in [0.1, 0.15) is 5.75 Å². The first-order valence-electron chi connectivity index (χ1n) is 11.0. The second-order valence-corrected chi connectivity index (χ2v) is 7.93. The van der Waals surface area contributed by atoms with Gasteiger partial charge in [-0.3, -0.25) is 14.6 Å². The number of guanidine groups is 1. The number of nitrogens with one attached hydrogen (secondary N) is 3. The number of carbonyl (C=O) groups is 2. The zero-order valence-corrected chi connectivity index (χ0v) is 20.4. The smallest absolute Gasteiger partial charge is 0.255 e. The fourth-order valence-corrected chi connectivity index (χ4v) is 4.12. The molecule has 9 heteroatoms. The van der Waals surface area contributed by atoms with Crippen LogP contribution in [0.5, 0.6) is 5.75 Å². The van der Waals surface area contributed by atoms with Crippen molar-refractivity contribution in [2.75, 3.05) is 32.7 Å². The standard InChI is InChI=1S/C22H33N5O3.HI/c1-2-23-22(25-13-12-24-20(29)18-9-5-6-10-19(18)28)26-17-11-14-27(15-17)21(30)16-7-3-4-8-16;/h5-6,9-10,16-17,28H,2-4,7-8,11-15H2,1H3,(H,24,29)(H2,23,25,26);1H. The number of halogens is 1. The predicted octanol–water partition coefficient (Wildman–Crippen LogP) is 2.09. The second kappa shape index (κ2) is 12.7. The second-order valence-electron chi connectivity index (χ2n) is 7.93. The Balaban J connectivity index is 0.00000341. The first-order valence-corrected chi connectivity index (χ1v) is 11.0. The number of benzene rings is 1. The third kappa shape index (κ3) is 7.26. The molecule has 0 spiro atoms. The largest absolute Gasteiger partial charge is 0.507 e. The van der Waals surface area contributed by atoms with E-state index in [4.69, 9.17) is 0 Å². The van der Waals surface area contributed by atoms with E-state index < -0.39 is 0 Å². The minimum Gasteiger partial charge on any atom is -0.507 e. The van der Waals surface area contributed by atoms with E-state index >= 15 is 0 Å². The van der Waals surface area contributed by atoms with Crippen LogP contribution in [0.2, 0.25) is 0 Å². The topological polar surface area (TPSA) is 106 Å². The molecule has 3 rings (SSSR count). The number of aliphatic imine (C=N–C) groups is 1. The summed E-state index contributed by atoms with van der Waals surface area (Å²) < 4.78 is 0. The molecule has 1 atom stereocenters. The van der Waals surface area contributed by atoms with Crippen LogP contribution in [0.15, 0.2) is 29.3 Å². The molecule has 1 aromatic carbocycles. The van der Waals surface area contributed by atoms with Crippen molar-refractivity contribution in [3.05, 3.63) is 29.8 Å². The Morgan fingerprint density at radius 2 is 1.90 bits per heavy atom. The highest BCUT2D eigenvalue weighted by Gasteiger charge is 2.32. The van der Waals surface area contributed by atoms with Crippen LogP contribution in [0.4, 0.5) is 0 Å². The van der Waals surface area contributed by atoms with E-state index in [2.05, 4.69) is 20.9 Å². The minimum absolute atomic E-state index is 0. The molecule has 2 amide bonds. The third-order valence-corrected chi connectivity index (χ3v) is 5.71. The van der Waals surface area contributed by atoms with E-state index in [1.54, 1.807) is 18.2 Å². The molecule has 1 aliphatic carbocycles. The molecule has 1 aliphatic heterocycles. The minimum atomic E-state index is -0.321. The first-order chi connectivity index (χ1) is 14.6. The number of amides is 2. The average Bonchev–Trinajstić information content (AvgIpc) is 3.43. The molecule has 0 aromatic heterocycles. The van der Waals surface area contributed by atoms with E-state index in [-0.39, 0.29) is 53.2 Å². The highest BCUT2D eigenvalue weighted by atomic mass is 127. The molecule has 2 aliphatic rings. The Morgan fingerprint density at radius 1 is 1.16 bits per heavy atom. The van der Waals surface area contributed by atoms with Crippen LogP contribution >= 0.6 is 24.0 Å². The van der Waals surface area contributed by atoms with Crippen LogP contribution < -0.4 is 16.0 Å². The van der Waals surface area contributed by atoms with Crippen molar-refractivity contribution in [3.63, 3.8) is 0 Å². The van der Waals surface area contributed by atoms with Gasteiger partial charge in [-0.2, -0.15) is 0 Å². The van der Waals surface area contributed by atoms with Gasteiger partial charge in [0.25, 0.3) is 5.91 Å². The monoisotopic (exact) mass is 543 g/mol. The number of phenolic OH excluding ortho intramolecular Hbond substituents is 1. The van der Waals surface area contributed by atoms with Gasteiger partial charge in [-0.15, -0.1) is 24.0 Å². The molecule has 1 heterocycles. The molecular weight excluding hydrogens is 509 g/mol. The van der Waals surface area contributed by atoms with E-state index in [0.717, 1.165) is 32.4 Å². The summed E-state index contributed by atoms with van der Waals surface area (Å²) >= 11 is 0. The van der Waals surface area contributed by atoms with Gasteiger partial charge in [-0.1, -0.05) is 25.0 Å². The van der Waals surface area contributed by atoms with Crippen molar-refractivity contribution in [1.82, 2.24) is 20.9 Å². The van der Waals surface area contributed by atoms with Crippen molar-refractivity contribution in [2.24, 2.45) is 10.9 Å². The summed E-state index contributed by atoms with van der Waals surface area (Å²) in [5.41, 5.74) is 0.254. The summed E-state index contributed by atoms with van der Waals surface area (Å²) in [6.07, 6.45) is 5.31. The van der Waals surface area contributed by atoms with Crippen molar-refractivity contribution < 1.29 is 14.7 Å². The molecular formula is C22H34IN5O3. The molecule has 0 radical (unpaired) electrons. The highest BCUT2D eigenvalue weighted by molar-refractivity contribution is 14.0. The van der Waals surface area contributed by atoms with E-state index in [1.165, 1.54) is 18.9 Å². The van der Waals surface area contributed by atoms with Crippen molar-refractivity contribution >= 4 is 41.8 Å². The lowest BCUT2D eigenvalue weighted by atomic mass is 10.1.